The number of carbonyl (C=O) groups excluding carboxylic acids is 2. The molecular weight excluding hydrogens is 464 g/mol. The van der Waals surface area contributed by atoms with Crippen molar-refractivity contribution in [2.45, 2.75) is 52.5 Å². The number of hydrogen-bond donors (Lipinski definition) is 0. The molecule has 0 saturated carbocycles. The lowest BCUT2D eigenvalue weighted by Gasteiger charge is -2.28. The van der Waals surface area contributed by atoms with Crippen molar-refractivity contribution in [3.63, 3.8) is 0 Å². The van der Waals surface area contributed by atoms with Crippen LogP contribution in [0.5, 0.6) is 11.5 Å². The first-order valence-electron chi connectivity index (χ1n) is 12.2. The molecule has 0 atom stereocenters. The second-order valence-electron chi connectivity index (χ2n) is 8.55. The fourth-order valence-corrected chi connectivity index (χ4v) is 4.69. The van der Waals surface area contributed by atoms with Crippen molar-refractivity contribution in [3.8, 4) is 11.5 Å². The van der Waals surface area contributed by atoms with Crippen molar-refractivity contribution in [1.82, 2.24) is 9.80 Å². The average molecular weight is 505 g/mol. The molecule has 0 unspecified atom stereocenters. The van der Waals surface area contributed by atoms with Crippen LogP contribution in [0.2, 0.25) is 0 Å². The lowest BCUT2D eigenvalue weighted by atomic mass is 10.1. The summed E-state index contributed by atoms with van der Waals surface area (Å²) in [5.74, 6) is 1.29. The minimum Gasteiger partial charge on any atom is -0.493 e. The molecule has 35 heavy (non-hydrogen) atoms. The van der Waals surface area contributed by atoms with Gasteiger partial charge >= 0.3 is 0 Å². The van der Waals surface area contributed by atoms with Crippen molar-refractivity contribution in [2.24, 2.45) is 0 Å². The van der Waals surface area contributed by atoms with Gasteiger partial charge in [0.2, 0.25) is 11.8 Å². The summed E-state index contributed by atoms with van der Waals surface area (Å²) in [6.45, 7) is 6.11. The Kier molecular flexibility index (Phi) is 12.6. The van der Waals surface area contributed by atoms with E-state index in [4.69, 9.17) is 14.2 Å². The number of carbonyl (C=O) groups is 2. The second-order valence-corrected chi connectivity index (χ2v) is 9.55. The first kappa shape index (κ1) is 28.7. The molecule has 0 saturated heterocycles. The Bertz CT molecular complexity index is 930. The third-order valence-corrected chi connectivity index (χ3v) is 7.02. The minimum absolute atomic E-state index is 0.0102. The highest BCUT2D eigenvalue weighted by molar-refractivity contribution is 7.10. The van der Waals surface area contributed by atoms with Crippen LogP contribution in [-0.2, 0) is 27.3 Å². The van der Waals surface area contributed by atoms with Crippen LogP contribution in [0.25, 0.3) is 0 Å². The number of nitrogens with zero attached hydrogens (tertiary/aromatic N) is 2. The van der Waals surface area contributed by atoms with Crippen LogP contribution in [0.4, 0.5) is 0 Å². The van der Waals surface area contributed by atoms with Gasteiger partial charge in [0, 0.05) is 31.5 Å². The highest BCUT2D eigenvalue weighted by Crippen LogP contribution is 2.28. The number of rotatable bonds is 16. The van der Waals surface area contributed by atoms with Crippen LogP contribution >= 0.6 is 11.3 Å². The lowest BCUT2D eigenvalue weighted by molar-refractivity contribution is -0.141. The van der Waals surface area contributed by atoms with E-state index < -0.39 is 0 Å². The molecule has 0 aliphatic carbocycles. The molecule has 7 nitrogen and oxygen atoms in total. The highest BCUT2D eigenvalue weighted by Gasteiger charge is 2.22. The number of hydrogen-bond acceptors (Lipinski definition) is 6. The van der Waals surface area contributed by atoms with Crippen molar-refractivity contribution < 1.29 is 23.8 Å². The van der Waals surface area contributed by atoms with Crippen molar-refractivity contribution in [2.75, 3.05) is 47.6 Å². The Labute approximate surface area is 214 Å². The summed E-state index contributed by atoms with van der Waals surface area (Å²) >= 11 is 1.65. The zero-order chi connectivity index (χ0) is 25.6. The number of thiophene rings is 1. The zero-order valence-electron chi connectivity index (χ0n) is 21.8. The first-order valence-corrected chi connectivity index (χ1v) is 13.1. The average Bonchev–Trinajstić information content (AvgIpc) is 3.27. The highest BCUT2D eigenvalue weighted by atomic mass is 32.1. The predicted octanol–water partition coefficient (Wildman–Crippen LogP) is 4.70. The van der Waals surface area contributed by atoms with Crippen molar-refractivity contribution in [3.05, 3.63) is 45.6 Å². The maximum atomic E-state index is 13.5. The van der Waals surface area contributed by atoms with Gasteiger partial charge in [-0.1, -0.05) is 25.8 Å². The lowest BCUT2D eigenvalue weighted by Crippen LogP contribution is -2.44. The minimum atomic E-state index is -0.0572. The Morgan fingerprint density at radius 1 is 0.943 bits per heavy atom. The Morgan fingerprint density at radius 2 is 1.71 bits per heavy atom. The van der Waals surface area contributed by atoms with E-state index >= 15 is 0 Å². The molecule has 8 heteroatoms. The number of amides is 2. The van der Waals surface area contributed by atoms with E-state index in [0.717, 1.165) is 29.7 Å². The van der Waals surface area contributed by atoms with Gasteiger partial charge in [0.05, 0.1) is 33.9 Å². The maximum absolute atomic E-state index is 13.5. The maximum Gasteiger partial charge on any atom is 0.242 e. The summed E-state index contributed by atoms with van der Waals surface area (Å²) < 4.78 is 16.0. The number of unbranched alkanes of at least 4 members (excludes halogenated alkanes) is 2. The molecule has 0 aliphatic heterocycles. The summed E-state index contributed by atoms with van der Waals surface area (Å²) in [6, 6.07) is 7.88. The molecule has 2 rings (SSSR count). The van der Waals surface area contributed by atoms with Crippen LogP contribution in [0.15, 0.2) is 29.6 Å². The molecule has 1 aromatic heterocycles. The second kappa shape index (κ2) is 15.4. The molecule has 2 amide bonds. The topological polar surface area (TPSA) is 68.3 Å². The van der Waals surface area contributed by atoms with E-state index in [9.17, 15) is 9.59 Å². The molecule has 194 valence electrons. The number of benzene rings is 1. The van der Waals surface area contributed by atoms with E-state index in [1.54, 1.807) is 37.6 Å². The summed E-state index contributed by atoms with van der Waals surface area (Å²) in [7, 11) is 4.83. The number of ether oxygens (including phenoxy) is 3. The molecule has 0 aliphatic rings. The first-order chi connectivity index (χ1) is 16.9. The molecule has 0 fully saturated rings. The summed E-state index contributed by atoms with van der Waals surface area (Å²) in [6.07, 6.45) is 4.02. The fourth-order valence-electron chi connectivity index (χ4n) is 3.77. The quantitative estimate of drug-likeness (QED) is 0.310. The number of aryl methyl sites for hydroxylation is 1. The smallest absolute Gasteiger partial charge is 0.242 e. The van der Waals surface area contributed by atoms with Gasteiger partial charge in [0.1, 0.15) is 0 Å². The fraction of sp³-hybridized carbons (Fsp3) is 0.556. The van der Waals surface area contributed by atoms with Crippen LogP contribution in [0, 0.1) is 6.92 Å². The van der Waals surface area contributed by atoms with Gasteiger partial charge in [-0.05, 0) is 54.5 Å². The van der Waals surface area contributed by atoms with E-state index in [1.807, 2.05) is 28.5 Å². The van der Waals surface area contributed by atoms with Crippen LogP contribution in [-0.4, -0.2) is 69.2 Å². The summed E-state index contributed by atoms with van der Waals surface area (Å²) in [5.41, 5.74) is 2.22. The predicted molar refractivity (Wildman–Crippen MR) is 140 cm³/mol. The zero-order valence-corrected chi connectivity index (χ0v) is 22.6. The normalized spacial score (nSPS) is 10.8. The largest absolute Gasteiger partial charge is 0.493 e. The van der Waals surface area contributed by atoms with Gasteiger partial charge in [-0.15, -0.1) is 11.3 Å². The van der Waals surface area contributed by atoms with Crippen molar-refractivity contribution in [1.29, 1.82) is 0 Å². The summed E-state index contributed by atoms with van der Waals surface area (Å²) in [5, 5.41) is 2.05. The van der Waals surface area contributed by atoms with Gasteiger partial charge in [-0.25, -0.2) is 0 Å². The molecule has 2 aromatic rings. The Balaban J connectivity index is 2.15. The Hall–Kier alpha value is -2.58. The van der Waals surface area contributed by atoms with Gasteiger partial charge < -0.3 is 24.0 Å². The van der Waals surface area contributed by atoms with Gasteiger partial charge in [-0.2, -0.15) is 0 Å². The van der Waals surface area contributed by atoms with Crippen LogP contribution in [0.3, 0.4) is 0 Å². The van der Waals surface area contributed by atoms with Gasteiger partial charge in [0.25, 0.3) is 0 Å². The summed E-state index contributed by atoms with van der Waals surface area (Å²) in [4.78, 5) is 31.0. The van der Waals surface area contributed by atoms with Crippen LogP contribution in [0.1, 0.15) is 48.6 Å². The van der Waals surface area contributed by atoms with Gasteiger partial charge in [-0.3, -0.25) is 9.59 Å². The molecule has 1 heterocycles. The monoisotopic (exact) mass is 504 g/mol. The van der Waals surface area contributed by atoms with Gasteiger partial charge in [0.15, 0.2) is 11.5 Å². The van der Waals surface area contributed by atoms with Crippen LogP contribution < -0.4 is 9.47 Å². The molecule has 0 bridgehead atoms. The standard InChI is InChI=1S/C27H40N2O5S/c1-6-7-8-9-26(30)29(15-16-32-3)20-27(31)28(19-25-21(2)13-17-35-25)14-12-22-10-11-23(33-4)24(18-22)34-5/h10-11,13,17-18H,6-9,12,14-16,19-20H2,1-5H3. The van der Waals surface area contributed by atoms with E-state index in [-0.39, 0.29) is 18.4 Å². The molecule has 0 spiro atoms. The molecular formula is C27H40N2O5S. The van der Waals surface area contributed by atoms with E-state index in [0.29, 0.717) is 50.6 Å². The third kappa shape index (κ3) is 9.18. The molecule has 0 radical (unpaired) electrons. The van der Waals surface area contributed by atoms with E-state index in [2.05, 4.69) is 19.9 Å². The van der Waals surface area contributed by atoms with Crippen molar-refractivity contribution >= 4 is 23.2 Å². The number of methoxy groups -OCH3 is 3. The van der Waals surface area contributed by atoms with E-state index in [1.165, 1.54) is 5.56 Å². The Morgan fingerprint density at radius 3 is 2.34 bits per heavy atom. The SMILES string of the molecule is CCCCCC(=O)N(CCOC)CC(=O)N(CCc1ccc(OC)c(OC)c1)Cc1sccc1C. The third-order valence-electron chi connectivity index (χ3n) is 6.01. The molecule has 1 aromatic carbocycles. The molecule has 0 N–H and O–H groups in total.